The monoisotopic (exact) mass is 333 g/mol. The summed E-state index contributed by atoms with van der Waals surface area (Å²) in [6.45, 7) is 3.12. The molecule has 1 aromatic heterocycles. The molecule has 1 aliphatic rings. The van der Waals surface area contributed by atoms with Gasteiger partial charge in [-0.05, 0) is 31.4 Å². The van der Waals surface area contributed by atoms with Crippen molar-refractivity contribution in [3.8, 4) is 0 Å². The normalized spacial score (nSPS) is 19.8. The van der Waals surface area contributed by atoms with Gasteiger partial charge >= 0.3 is 0 Å². The molecule has 3 rings (SSSR count). The van der Waals surface area contributed by atoms with Gasteiger partial charge < -0.3 is 0 Å². The average Bonchev–Trinajstić information content (AvgIpc) is 2.94. The lowest BCUT2D eigenvalue weighted by Crippen LogP contribution is -2.39. The van der Waals surface area contributed by atoms with Crippen LogP contribution in [0.25, 0.3) is 0 Å². The number of hydrogen-bond donors (Lipinski definition) is 0. The first kappa shape index (κ1) is 16.2. The van der Waals surface area contributed by atoms with Gasteiger partial charge in [0, 0.05) is 32.3 Å². The molecule has 1 fully saturated rings. The molecule has 5 nitrogen and oxygen atoms in total. The van der Waals surface area contributed by atoms with E-state index in [0.717, 1.165) is 29.7 Å². The van der Waals surface area contributed by atoms with E-state index in [0.29, 0.717) is 13.1 Å². The maximum Gasteiger partial charge on any atom is 0.218 e. The Kier molecular flexibility index (Phi) is 4.55. The zero-order valence-corrected chi connectivity index (χ0v) is 14.5. The molecule has 2 aromatic rings. The van der Waals surface area contributed by atoms with Crippen LogP contribution in [-0.2, 0) is 22.8 Å². The SMILES string of the molecule is Cc1cccc(CS(=O)(=O)N2CCCC(c3ccn(C)n3)C2)c1. The van der Waals surface area contributed by atoms with Gasteiger partial charge in [0.05, 0.1) is 11.4 Å². The number of hydrogen-bond acceptors (Lipinski definition) is 3. The molecule has 0 amide bonds. The Morgan fingerprint density at radius 2 is 2.13 bits per heavy atom. The topological polar surface area (TPSA) is 55.2 Å². The first-order chi connectivity index (χ1) is 10.9. The van der Waals surface area contributed by atoms with Crippen molar-refractivity contribution >= 4 is 10.0 Å². The van der Waals surface area contributed by atoms with Gasteiger partial charge in [0.2, 0.25) is 10.0 Å². The summed E-state index contributed by atoms with van der Waals surface area (Å²) in [6, 6.07) is 9.70. The molecule has 23 heavy (non-hydrogen) atoms. The minimum atomic E-state index is -3.29. The van der Waals surface area contributed by atoms with E-state index in [-0.39, 0.29) is 11.7 Å². The minimum absolute atomic E-state index is 0.0730. The largest absolute Gasteiger partial charge is 0.276 e. The van der Waals surface area contributed by atoms with Gasteiger partial charge in [-0.1, -0.05) is 29.8 Å². The maximum absolute atomic E-state index is 12.7. The van der Waals surface area contributed by atoms with Crippen LogP contribution >= 0.6 is 0 Å². The van der Waals surface area contributed by atoms with Crippen LogP contribution in [0.2, 0.25) is 0 Å². The number of sulfonamides is 1. The zero-order valence-electron chi connectivity index (χ0n) is 13.6. The van der Waals surface area contributed by atoms with E-state index in [2.05, 4.69) is 5.10 Å². The summed E-state index contributed by atoms with van der Waals surface area (Å²) >= 11 is 0. The van der Waals surface area contributed by atoms with Crippen molar-refractivity contribution in [3.05, 3.63) is 53.3 Å². The van der Waals surface area contributed by atoms with E-state index in [9.17, 15) is 8.42 Å². The van der Waals surface area contributed by atoms with Crippen LogP contribution in [0.3, 0.4) is 0 Å². The fraction of sp³-hybridized carbons (Fsp3) is 0.471. The second-order valence-electron chi connectivity index (χ2n) is 6.36. The molecule has 0 aliphatic carbocycles. The molecule has 1 aromatic carbocycles. The summed E-state index contributed by atoms with van der Waals surface area (Å²) < 4.78 is 28.9. The predicted molar refractivity (Wildman–Crippen MR) is 90.6 cm³/mol. The zero-order chi connectivity index (χ0) is 16.4. The first-order valence-electron chi connectivity index (χ1n) is 7.97. The van der Waals surface area contributed by atoms with Crippen LogP contribution in [0, 0.1) is 6.92 Å². The van der Waals surface area contributed by atoms with Gasteiger partial charge in [0.25, 0.3) is 0 Å². The molecular weight excluding hydrogens is 310 g/mol. The molecular formula is C17H23N3O2S. The second-order valence-corrected chi connectivity index (χ2v) is 8.33. The van der Waals surface area contributed by atoms with Crippen LogP contribution in [0.4, 0.5) is 0 Å². The highest BCUT2D eigenvalue weighted by molar-refractivity contribution is 7.88. The number of nitrogens with zero attached hydrogens (tertiary/aromatic N) is 3. The Hall–Kier alpha value is -1.66. The number of aromatic nitrogens is 2. The lowest BCUT2D eigenvalue weighted by Gasteiger charge is -2.31. The van der Waals surface area contributed by atoms with Crippen molar-refractivity contribution in [2.24, 2.45) is 7.05 Å². The summed E-state index contributed by atoms with van der Waals surface area (Å²) in [6.07, 6.45) is 3.79. The van der Waals surface area contributed by atoms with Crippen molar-refractivity contribution in [1.29, 1.82) is 0 Å². The van der Waals surface area contributed by atoms with Gasteiger partial charge in [-0.25, -0.2) is 12.7 Å². The fourth-order valence-electron chi connectivity index (χ4n) is 3.19. The lowest BCUT2D eigenvalue weighted by molar-refractivity contribution is 0.311. The Labute approximate surface area is 138 Å². The minimum Gasteiger partial charge on any atom is -0.276 e. The van der Waals surface area contributed by atoms with Crippen LogP contribution in [0.15, 0.2) is 36.5 Å². The molecule has 6 heteroatoms. The molecule has 0 N–H and O–H groups in total. The standard InChI is InChI=1S/C17H23N3O2S/c1-14-5-3-6-15(11-14)13-23(21,22)20-9-4-7-16(12-20)17-8-10-19(2)18-17/h3,5-6,8,10-11,16H,4,7,9,12-13H2,1-2H3. The van der Waals surface area contributed by atoms with Crippen molar-refractivity contribution in [3.63, 3.8) is 0 Å². The third-order valence-corrected chi connectivity index (χ3v) is 6.18. The average molecular weight is 333 g/mol. The summed E-state index contributed by atoms with van der Waals surface area (Å²) in [4.78, 5) is 0. The van der Waals surface area contributed by atoms with Crippen molar-refractivity contribution in [1.82, 2.24) is 14.1 Å². The van der Waals surface area contributed by atoms with E-state index in [1.807, 2.05) is 50.5 Å². The van der Waals surface area contributed by atoms with Crippen molar-refractivity contribution < 1.29 is 8.42 Å². The molecule has 124 valence electrons. The first-order valence-corrected chi connectivity index (χ1v) is 9.58. The van der Waals surface area contributed by atoms with Gasteiger partial charge in [0.1, 0.15) is 0 Å². The molecule has 2 heterocycles. The van der Waals surface area contributed by atoms with E-state index < -0.39 is 10.0 Å². The van der Waals surface area contributed by atoms with Crippen LogP contribution in [0.5, 0.6) is 0 Å². The highest BCUT2D eigenvalue weighted by Gasteiger charge is 2.30. The summed E-state index contributed by atoms with van der Waals surface area (Å²) in [5, 5.41) is 4.44. The van der Waals surface area contributed by atoms with E-state index in [4.69, 9.17) is 0 Å². The lowest BCUT2D eigenvalue weighted by atomic mass is 9.96. The number of piperidine rings is 1. The highest BCUT2D eigenvalue weighted by atomic mass is 32.2. The van der Waals surface area contributed by atoms with Crippen LogP contribution in [-0.4, -0.2) is 35.6 Å². The molecule has 1 saturated heterocycles. The Morgan fingerprint density at radius 3 is 2.83 bits per heavy atom. The molecule has 0 radical (unpaired) electrons. The molecule has 0 spiro atoms. The Bertz CT molecular complexity index is 783. The van der Waals surface area contributed by atoms with Gasteiger partial charge in [-0.3, -0.25) is 4.68 Å². The van der Waals surface area contributed by atoms with Crippen LogP contribution < -0.4 is 0 Å². The quantitative estimate of drug-likeness (QED) is 0.863. The van der Waals surface area contributed by atoms with Gasteiger partial charge in [-0.2, -0.15) is 5.10 Å². The second kappa shape index (κ2) is 6.45. The third kappa shape index (κ3) is 3.82. The molecule has 1 atom stereocenters. The third-order valence-electron chi connectivity index (χ3n) is 4.36. The fourth-order valence-corrected chi connectivity index (χ4v) is 4.79. The smallest absolute Gasteiger partial charge is 0.218 e. The summed E-state index contributed by atoms with van der Waals surface area (Å²) in [5.41, 5.74) is 2.93. The van der Waals surface area contributed by atoms with E-state index >= 15 is 0 Å². The van der Waals surface area contributed by atoms with E-state index in [1.165, 1.54) is 0 Å². The Morgan fingerprint density at radius 1 is 1.30 bits per heavy atom. The maximum atomic E-state index is 12.7. The number of aryl methyl sites for hydroxylation is 2. The van der Waals surface area contributed by atoms with Gasteiger partial charge in [0.15, 0.2) is 0 Å². The summed E-state index contributed by atoms with van der Waals surface area (Å²) in [5.74, 6) is 0.265. The number of rotatable bonds is 4. The Balaban J connectivity index is 1.74. The molecule has 1 unspecified atom stereocenters. The van der Waals surface area contributed by atoms with Crippen LogP contribution in [0.1, 0.15) is 35.6 Å². The molecule has 0 bridgehead atoms. The van der Waals surface area contributed by atoms with E-state index in [1.54, 1.807) is 8.99 Å². The summed E-state index contributed by atoms with van der Waals surface area (Å²) in [7, 11) is -1.40. The number of benzene rings is 1. The van der Waals surface area contributed by atoms with Crippen molar-refractivity contribution in [2.45, 2.75) is 31.4 Å². The molecule has 0 saturated carbocycles. The molecule has 1 aliphatic heterocycles. The van der Waals surface area contributed by atoms with Gasteiger partial charge in [-0.15, -0.1) is 0 Å². The highest BCUT2D eigenvalue weighted by Crippen LogP contribution is 2.28. The van der Waals surface area contributed by atoms with Crippen molar-refractivity contribution in [2.75, 3.05) is 13.1 Å². The predicted octanol–water partition coefficient (Wildman–Crippen LogP) is 2.44.